The molecule has 0 aromatic rings. The molecule has 3 fully saturated rings. The topological polar surface area (TPSA) is 26.3 Å². The molecule has 3 atom stereocenters. The highest BCUT2D eigenvalue weighted by Gasteiger charge is 2.69. The van der Waals surface area contributed by atoms with Gasteiger partial charge in [-0.15, -0.1) is 0 Å². The summed E-state index contributed by atoms with van der Waals surface area (Å²) in [6.07, 6.45) is 7.03. The van der Waals surface area contributed by atoms with Crippen molar-refractivity contribution in [1.29, 1.82) is 0 Å². The number of hydrogen-bond acceptors (Lipinski definition) is 2. The summed E-state index contributed by atoms with van der Waals surface area (Å²) in [6, 6.07) is 0. The van der Waals surface area contributed by atoms with Crippen LogP contribution in [0.1, 0.15) is 39.0 Å². The van der Waals surface area contributed by atoms with Crippen molar-refractivity contribution in [2.45, 2.75) is 45.2 Å². The Hall–Kier alpha value is -0.120. The van der Waals surface area contributed by atoms with Crippen LogP contribution < -0.4 is 0 Å². The first-order valence-corrected chi connectivity index (χ1v) is 6.71. The third-order valence-corrected chi connectivity index (χ3v) is 5.95. The number of hydrogen-bond donors (Lipinski definition) is 0. The molecule has 0 bridgehead atoms. The summed E-state index contributed by atoms with van der Waals surface area (Å²) in [6.45, 7) is 3.88. The molecule has 3 rings (SSSR count). The predicted octanol–water partition coefficient (Wildman–Crippen LogP) is 2.17. The van der Waals surface area contributed by atoms with Gasteiger partial charge in [-0.2, -0.15) is 0 Å². The fraction of sp³-hybridized carbons (Fsp3) is 1.00. The second-order valence-electron chi connectivity index (χ2n) is 6.65. The van der Waals surface area contributed by atoms with Gasteiger partial charge in [-0.3, -0.25) is 4.90 Å². The third kappa shape index (κ3) is 1.20. The standard InChI is InChI=1S/C13H24N2O/c1-4-15(3,16)11-9-13(10-14(11)2)8-7-12(13)5-6-12/h11H,4-10H2,1-3H3. The molecule has 2 saturated carbocycles. The number of nitrogens with zero attached hydrogens (tertiary/aromatic N) is 2. The summed E-state index contributed by atoms with van der Waals surface area (Å²) in [7, 11) is 4.00. The molecule has 0 aromatic carbocycles. The van der Waals surface area contributed by atoms with E-state index in [4.69, 9.17) is 0 Å². The van der Waals surface area contributed by atoms with E-state index in [-0.39, 0.29) is 10.8 Å². The van der Waals surface area contributed by atoms with E-state index in [1.165, 1.54) is 32.2 Å². The second kappa shape index (κ2) is 3.01. The molecule has 1 heterocycles. The van der Waals surface area contributed by atoms with E-state index in [0.29, 0.717) is 17.4 Å². The summed E-state index contributed by atoms with van der Waals surface area (Å²) < 4.78 is -0.0751. The van der Waals surface area contributed by atoms with Gasteiger partial charge in [0.2, 0.25) is 0 Å². The summed E-state index contributed by atoms with van der Waals surface area (Å²) in [4.78, 5) is 2.34. The van der Waals surface area contributed by atoms with Crippen molar-refractivity contribution in [3.05, 3.63) is 5.21 Å². The highest BCUT2D eigenvalue weighted by molar-refractivity contribution is 5.18. The van der Waals surface area contributed by atoms with Gasteiger partial charge in [0, 0.05) is 13.0 Å². The van der Waals surface area contributed by atoms with Crippen LogP contribution in [0.25, 0.3) is 0 Å². The number of fused-ring (bicyclic) bond motifs is 1. The van der Waals surface area contributed by atoms with Crippen molar-refractivity contribution in [3.8, 4) is 0 Å². The van der Waals surface area contributed by atoms with Gasteiger partial charge < -0.3 is 9.85 Å². The Bertz CT molecular complexity index is 311. The Morgan fingerprint density at radius 1 is 1.25 bits per heavy atom. The minimum atomic E-state index is -0.0751. The van der Waals surface area contributed by atoms with Crippen molar-refractivity contribution in [2.24, 2.45) is 10.8 Å². The molecular formula is C13H24N2O. The number of likely N-dealkylation sites (tertiary alicyclic amines) is 1. The molecule has 2 aliphatic carbocycles. The lowest BCUT2D eigenvalue weighted by Gasteiger charge is -2.49. The molecule has 3 unspecified atom stereocenters. The number of quaternary nitrogens is 1. The van der Waals surface area contributed by atoms with Gasteiger partial charge in [0.05, 0.1) is 13.6 Å². The van der Waals surface area contributed by atoms with Crippen LogP contribution in [0.4, 0.5) is 0 Å². The van der Waals surface area contributed by atoms with Gasteiger partial charge in [0.1, 0.15) is 6.17 Å². The molecule has 16 heavy (non-hydrogen) atoms. The minimum absolute atomic E-state index is 0.0751. The van der Waals surface area contributed by atoms with E-state index in [9.17, 15) is 5.21 Å². The molecular weight excluding hydrogens is 200 g/mol. The van der Waals surface area contributed by atoms with Crippen molar-refractivity contribution in [1.82, 2.24) is 4.90 Å². The summed E-state index contributed by atoms with van der Waals surface area (Å²) in [5.41, 5.74) is 1.22. The second-order valence-corrected chi connectivity index (χ2v) is 6.65. The Morgan fingerprint density at radius 2 is 1.81 bits per heavy atom. The Balaban J connectivity index is 1.80. The smallest absolute Gasteiger partial charge is 0.145 e. The van der Waals surface area contributed by atoms with Gasteiger partial charge in [0.25, 0.3) is 0 Å². The van der Waals surface area contributed by atoms with Crippen LogP contribution in [0, 0.1) is 16.0 Å². The highest BCUT2D eigenvalue weighted by atomic mass is 16.5. The Morgan fingerprint density at radius 3 is 2.25 bits per heavy atom. The molecule has 0 amide bonds. The maximum atomic E-state index is 12.4. The van der Waals surface area contributed by atoms with Crippen LogP contribution in [0.5, 0.6) is 0 Å². The molecule has 92 valence electrons. The summed E-state index contributed by atoms with van der Waals surface area (Å²) in [5, 5.41) is 12.4. The van der Waals surface area contributed by atoms with E-state index >= 15 is 0 Å². The Kier molecular flexibility index (Phi) is 2.07. The molecule has 3 nitrogen and oxygen atoms in total. The molecule has 3 aliphatic rings. The average Bonchev–Trinajstić information content (AvgIpc) is 2.98. The maximum Gasteiger partial charge on any atom is 0.145 e. The zero-order valence-electron chi connectivity index (χ0n) is 10.8. The van der Waals surface area contributed by atoms with Crippen molar-refractivity contribution < 1.29 is 4.65 Å². The van der Waals surface area contributed by atoms with Gasteiger partial charge in [-0.1, -0.05) is 0 Å². The van der Waals surface area contributed by atoms with Crippen LogP contribution in [0.2, 0.25) is 0 Å². The highest BCUT2D eigenvalue weighted by Crippen LogP contribution is 2.74. The Labute approximate surface area is 98.6 Å². The van der Waals surface area contributed by atoms with Crippen molar-refractivity contribution in [3.63, 3.8) is 0 Å². The molecule has 0 aromatic heterocycles. The first-order chi connectivity index (χ1) is 7.45. The number of rotatable bonds is 2. The molecule has 0 radical (unpaired) electrons. The zero-order chi connectivity index (χ0) is 11.6. The first-order valence-electron chi connectivity index (χ1n) is 6.71. The third-order valence-electron chi connectivity index (χ3n) is 5.95. The van der Waals surface area contributed by atoms with Crippen LogP contribution in [0.15, 0.2) is 0 Å². The molecule has 1 aliphatic heterocycles. The lowest BCUT2D eigenvalue weighted by atomic mass is 9.56. The van der Waals surface area contributed by atoms with Gasteiger partial charge >= 0.3 is 0 Å². The van der Waals surface area contributed by atoms with Gasteiger partial charge in [-0.05, 0) is 50.5 Å². The SMILES string of the molecule is CC[N+](C)([O-])C1CC2(CCC23CC3)CN1C. The van der Waals surface area contributed by atoms with Crippen LogP contribution >= 0.6 is 0 Å². The first kappa shape index (κ1) is 11.0. The molecule has 0 N–H and O–H groups in total. The zero-order valence-corrected chi connectivity index (χ0v) is 10.8. The lowest BCUT2D eigenvalue weighted by Crippen LogP contribution is -2.52. The van der Waals surface area contributed by atoms with Crippen LogP contribution in [0.3, 0.4) is 0 Å². The molecule has 2 spiro atoms. The fourth-order valence-corrected chi connectivity index (χ4v) is 4.30. The lowest BCUT2D eigenvalue weighted by molar-refractivity contribution is -0.895. The van der Waals surface area contributed by atoms with Crippen LogP contribution in [-0.2, 0) is 0 Å². The summed E-state index contributed by atoms with van der Waals surface area (Å²) in [5.74, 6) is 0. The van der Waals surface area contributed by atoms with Crippen molar-refractivity contribution >= 4 is 0 Å². The number of hydroxylamine groups is 3. The monoisotopic (exact) mass is 224 g/mol. The van der Waals surface area contributed by atoms with Crippen LogP contribution in [-0.4, -0.2) is 42.9 Å². The van der Waals surface area contributed by atoms with Gasteiger partial charge in [0.15, 0.2) is 0 Å². The molecule has 1 saturated heterocycles. The van der Waals surface area contributed by atoms with E-state index in [1.54, 1.807) is 0 Å². The fourth-order valence-electron chi connectivity index (χ4n) is 4.30. The van der Waals surface area contributed by atoms with Gasteiger partial charge in [-0.25, -0.2) is 0 Å². The van der Waals surface area contributed by atoms with Crippen molar-refractivity contribution in [2.75, 3.05) is 27.2 Å². The van der Waals surface area contributed by atoms with E-state index < -0.39 is 0 Å². The quantitative estimate of drug-likeness (QED) is 0.531. The van der Waals surface area contributed by atoms with E-state index in [0.717, 1.165) is 6.42 Å². The molecule has 3 heteroatoms. The largest absolute Gasteiger partial charge is 0.632 e. The normalized spacial score (nSPS) is 44.6. The van der Waals surface area contributed by atoms with E-state index in [1.807, 2.05) is 14.0 Å². The minimum Gasteiger partial charge on any atom is -0.632 e. The van der Waals surface area contributed by atoms with E-state index in [2.05, 4.69) is 11.9 Å². The summed E-state index contributed by atoms with van der Waals surface area (Å²) >= 11 is 0. The predicted molar refractivity (Wildman–Crippen MR) is 64.5 cm³/mol. The maximum absolute atomic E-state index is 12.4. The average molecular weight is 224 g/mol.